The second-order valence-electron chi connectivity index (χ2n) is 5.43. The maximum atomic E-state index is 12.5. The van der Waals surface area contributed by atoms with Crippen LogP contribution in [0.4, 0.5) is 0 Å². The van der Waals surface area contributed by atoms with E-state index in [0.29, 0.717) is 25.4 Å². The van der Waals surface area contributed by atoms with Crippen LogP contribution in [0.25, 0.3) is 0 Å². The lowest BCUT2D eigenvalue weighted by molar-refractivity contribution is -0.126. The zero-order chi connectivity index (χ0) is 14.8. The van der Waals surface area contributed by atoms with Crippen molar-refractivity contribution >= 4 is 11.8 Å². The number of carbonyl (C=O) groups is 2. The van der Waals surface area contributed by atoms with E-state index in [-0.39, 0.29) is 30.2 Å². The number of nitrogens with zero attached hydrogens (tertiary/aromatic N) is 1. The molecule has 0 radical (unpaired) electrons. The van der Waals surface area contributed by atoms with Gasteiger partial charge in [-0.05, 0) is 25.0 Å². The Morgan fingerprint density at radius 3 is 2.90 bits per heavy atom. The number of aliphatic hydroxyl groups excluding tert-OH is 1. The fourth-order valence-electron chi connectivity index (χ4n) is 2.43. The molecule has 114 valence electrons. The number of nitrogens with one attached hydrogen (secondary N) is 2. The van der Waals surface area contributed by atoms with Gasteiger partial charge in [-0.3, -0.25) is 9.59 Å². The third-order valence-electron chi connectivity index (χ3n) is 3.76. The summed E-state index contributed by atoms with van der Waals surface area (Å²) in [5.41, 5.74) is 0. The maximum Gasteiger partial charge on any atom is 0.290 e. The summed E-state index contributed by atoms with van der Waals surface area (Å²) in [4.78, 5) is 26.3. The molecular weight excluding hydrogens is 274 g/mol. The summed E-state index contributed by atoms with van der Waals surface area (Å²) in [7, 11) is 0. The van der Waals surface area contributed by atoms with Gasteiger partial charge in [-0.2, -0.15) is 0 Å². The molecule has 1 aliphatic heterocycles. The summed E-state index contributed by atoms with van der Waals surface area (Å²) in [6.07, 6.45) is 2.02. The second kappa shape index (κ2) is 5.87. The number of hydrogen-bond acceptors (Lipinski definition) is 5. The first-order valence-electron chi connectivity index (χ1n) is 7.20. The van der Waals surface area contributed by atoms with Crippen LogP contribution < -0.4 is 10.6 Å². The van der Waals surface area contributed by atoms with Gasteiger partial charge in [-0.15, -0.1) is 0 Å². The van der Waals surface area contributed by atoms with E-state index in [2.05, 4.69) is 10.6 Å². The highest BCUT2D eigenvalue weighted by molar-refractivity contribution is 5.96. The van der Waals surface area contributed by atoms with Crippen molar-refractivity contribution in [1.82, 2.24) is 15.5 Å². The van der Waals surface area contributed by atoms with Gasteiger partial charge < -0.3 is 25.1 Å². The van der Waals surface area contributed by atoms with E-state index in [1.165, 1.54) is 11.0 Å². The zero-order valence-corrected chi connectivity index (χ0v) is 11.7. The predicted molar refractivity (Wildman–Crippen MR) is 73.5 cm³/mol. The van der Waals surface area contributed by atoms with Crippen LogP contribution in [0, 0.1) is 0 Å². The van der Waals surface area contributed by atoms with Crippen molar-refractivity contribution in [3.8, 4) is 0 Å². The fraction of sp³-hybridized carbons (Fsp3) is 0.571. The third-order valence-corrected chi connectivity index (χ3v) is 3.76. The van der Waals surface area contributed by atoms with Crippen LogP contribution in [0.3, 0.4) is 0 Å². The Hall–Kier alpha value is -1.86. The Balaban J connectivity index is 1.73. The molecule has 2 amide bonds. The number of amides is 2. The van der Waals surface area contributed by atoms with Crippen LogP contribution in [-0.4, -0.2) is 53.5 Å². The minimum absolute atomic E-state index is 0.119. The van der Waals surface area contributed by atoms with E-state index < -0.39 is 6.04 Å². The van der Waals surface area contributed by atoms with Gasteiger partial charge in [0, 0.05) is 25.7 Å². The highest BCUT2D eigenvalue weighted by Gasteiger charge is 2.36. The maximum absolute atomic E-state index is 12.5. The number of aliphatic hydroxyl groups is 1. The van der Waals surface area contributed by atoms with E-state index in [0.717, 1.165) is 12.8 Å². The lowest BCUT2D eigenvalue weighted by Crippen LogP contribution is -2.59. The second-order valence-corrected chi connectivity index (χ2v) is 5.43. The molecule has 1 aliphatic carbocycles. The number of rotatable bonds is 4. The molecule has 7 heteroatoms. The molecule has 0 bridgehead atoms. The van der Waals surface area contributed by atoms with Crippen molar-refractivity contribution in [2.75, 3.05) is 19.6 Å². The summed E-state index contributed by atoms with van der Waals surface area (Å²) in [6.45, 7) is 1.29. The van der Waals surface area contributed by atoms with Gasteiger partial charge in [0.1, 0.15) is 18.4 Å². The Bertz CT molecular complexity index is 538. The van der Waals surface area contributed by atoms with Gasteiger partial charge in [0.2, 0.25) is 5.91 Å². The zero-order valence-electron chi connectivity index (χ0n) is 11.7. The lowest BCUT2D eigenvalue weighted by Gasteiger charge is -2.34. The highest BCUT2D eigenvalue weighted by Crippen LogP contribution is 2.20. The van der Waals surface area contributed by atoms with Crippen molar-refractivity contribution in [1.29, 1.82) is 0 Å². The van der Waals surface area contributed by atoms with E-state index in [1.807, 2.05) is 0 Å². The molecular formula is C14H19N3O4. The number of carbonyl (C=O) groups excluding carboxylic acids is 2. The molecule has 1 atom stereocenters. The van der Waals surface area contributed by atoms with Gasteiger partial charge in [-0.1, -0.05) is 0 Å². The topological polar surface area (TPSA) is 94.8 Å². The fourth-order valence-corrected chi connectivity index (χ4v) is 2.43. The summed E-state index contributed by atoms with van der Waals surface area (Å²) >= 11 is 0. The first-order chi connectivity index (χ1) is 10.2. The highest BCUT2D eigenvalue weighted by atomic mass is 16.4. The third kappa shape index (κ3) is 3.08. The van der Waals surface area contributed by atoms with Gasteiger partial charge in [-0.25, -0.2) is 0 Å². The van der Waals surface area contributed by atoms with E-state index in [9.17, 15) is 9.59 Å². The Labute approximate surface area is 122 Å². The van der Waals surface area contributed by atoms with E-state index in [4.69, 9.17) is 9.52 Å². The first kappa shape index (κ1) is 14.1. The minimum atomic E-state index is -0.519. The van der Waals surface area contributed by atoms with Gasteiger partial charge in [0.15, 0.2) is 5.76 Å². The molecule has 1 saturated carbocycles. The molecule has 0 aromatic carbocycles. The average molecular weight is 293 g/mol. The summed E-state index contributed by atoms with van der Waals surface area (Å²) in [5.74, 6) is 0.0665. The normalized spacial score (nSPS) is 22.1. The minimum Gasteiger partial charge on any atom is -0.453 e. The molecule has 2 fully saturated rings. The molecule has 0 unspecified atom stereocenters. The lowest BCUT2D eigenvalue weighted by atomic mass is 10.1. The molecule has 1 aromatic rings. The number of furan rings is 1. The standard InChI is InChI=1S/C14H19N3O4/c18-8-10-3-4-12(21-10)14(20)17-6-5-15-7-11(17)13(19)16-9-1-2-9/h3-4,9,11,15,18H,1-2,5-8H2,(H,16,19)/t11-/m0/s1. The Kier molecular flexibility index (Phi) is 3.94. The molecule has 3 N–H and O–H groups in total. The molecule has 7 nitrogen and oxygen atoms in total. The molecule has 2 aliphatic rings. The largest absolute Gasteiger partial charge is 0.453 e. The van der Waals surface area contributed by atoms with Crippen molar-refractivity contribution in [2.45, 2.75) is 31.5 Å². The van der Waals surface area contributed by atoms with Crippen LogP contribution >= 0.6 is 0 Å². The average Bonchev–Trinajstić information content (AvgIpc) is 3.19. The van der Waals surface area contributed by atoms with Crippen molar-refractivity contribution in [3.63, 3.8) is 0 Å². The van der Waals surface area contributed by atoms with Crippen molar-refractivity contribution in [2.24, 2.45) is 0 Å². The number of hydrogen-bond donors (Lipinski definition) is 3. The first-order valence-corrected chi connectivity index (χ1v) is 7.20. The Morgan fingerprint density at radius 2 is 2.24 bits per heavy atom. The van der Waals surface area contributed by atoms with E-state index >= 15 is 0 Å². The molecule has 21 heavy (non-hydrogen) atoms. The van der Waals surface area contributed by atoms with Crippen molar-refractivity contribution in [3.05, 3.63) is 23.7 Å². The molecule has 1 aromatic heterocycles. The SMILES string of the molecule is O=C(NC1CC1)[C@@H]1CNCCN1C(=O)c1ccc(CO)o1. The van der Waals surface area contributed by atoms with Crippen LogP contribution in [0.1, 0.15) is 29.2 Å². The van der Waals surface area contributed by atoms with Crippen LogP contribution in [0.5, 0.6) is 0 Å². The summed E-state index contributed by atoms with van der Waals surface area (Å²) < 4.78 is 5.28. The van der Waals surface area contributed by atoms with Crippen LogP contribution in [0.15, 0.2) is 16.5 Å². The van der Waals surface area contributed by atoms with E-state index in [1.54, 1.807) is 6.07 Å². The van der Waals surface area contributed by atoms with Gasteiger partial charge in [0.25, 0.3) is 5.91 Å². The summed E-state index contributed by atoms with van der Waals surface area (Å²) in [6, 6.07) is 2.84. The van der Waals surface area contributed by atoms with Crippen LogP contribution in [-0.2, 0) is 11.4 Å². The monoisotopic (exact) mass is 293 g/mol. The summed E-state index contributed by atoms with van der Waals surface area (Å²) in [5, 5.41) is 15.1. The van der Waals surface area contributed by atoms with Gasteiger partial charge >= 0.3 is 0 Å². The predicted octanol–water partition coefficient (Wildman–Crippen LogP) is -0.535. The molecule has 1 saturated heterocycles. The van der Waals surface area contributed by atoms with Crippen molar-refractivity contribution < 1.29 is 19.1 Å². The van der Waals surface area contributed by atoms with Gasteiger partial charge in [0.05, 0.1) is 0 Å². The number of piperazine rings is 1. The quantitative estimate of drug-likeness (QED) is 0.693. The molecule has 3 rings (SSSR count). The Morgan fingerprint density at radius 1 is 1.43 bits per heavy atom. The smallest absolute Gasteiger partial charge is 0.290 e. The van der Waals surface area contributed by atoms with Crippen LogP contribution in [0.2, 0.25) is 0 Å². The molecule has 0 spiro atoms. The molecule has 2 heterocycles.